The molecule has 2 N–H and O–H groups in total. The van der Waals surface area contributed by atoms with E-state index >= 15 is 0 Å². The van der Waals surface area contributed by atoms with Crippen LogP contribution in [0, 0.1) is 0 Å². The zero-order valence-corrected chi connectivity index (χ0v) is 14.4. The van der Waals surface area contributed by atoms with Gasteiger partial charge in [0.2, 0.25) is 5.91 Å². The van der Waals surface area contributed by atoms with Crippen molar-refractivity contribution in [3.63, 3.8) is 0 Å². The monoisotopic (exact) mass is 350 g/mol. The maximum Gasteiger partial charge on any atom is 0.308 e. The number of carboxylic acid groups (broad SMARTS) is 1. The smallest absolute Gasteiger partial charge is 0.308 e. The van der Waals surface area contributed by atoms with Crippen molar-refractivity contribution in [2.75, 3.05) is 19.5 Å². The molecule has 0 saturated heterocycles. The number of carbonyl (C=O) groups is 2. The number of thiazole rings is 1. The summed E-state index contributed by atoms with van der Waals surface area (Å²) in [6.07, 6.45) is 0.142. The Morgan fingerprint density at radius 1 is 1.25 bits per heavy atom. The molecule has 8 heteroatoms. The number of nitrogens with one attached hydrogen (secondary N) is 1. The number of nitrogens with zero attached hydrogens (tertiary/aromatic N) is 1. The fraction of sp³-hybridized carbons (Fsp3) is 0.312. The Balaban J connectivity index is 2.46. The maximum absolute atomic E-state index is 11.5. The van der Waals surface area contributed by atoms with E-state index in [4.69, 9.17) is 14.6 Å². The van der Waals surface area contributed by atoms with Crippen molar-refractivity contribution in [2.24, 2.45) is 0 Å². The molecule has 24 heavy (non-hydrogen) atoms. The quantitative estimate of drug-likeness (QED) is 0.797. The van der Waals surface area contributed by atoms with Crippen LogP contribution in [-0.4, -0.2) is 36.2 Å². The fourth-order valence-corrected chi connectivity index (χ4v) is 3.07. The number of benzene rings is 1. The molecule has 0 spiro atoms. The van der Waals surface area contributed by atoms with E-state index in [-0.39, 0.29) is 12.3 Å². The van der Waals surface area contributed by atoms with Crippen molar-refractivity contribution in [3.05, 3.63) is 23.1 Å². The first-order chi connectivity index (χ1) is 11.5. The largest absolute Gasteiger partial charge is 0.493 e. The van der Waals surface area contributed by atoms with Crippen molar-refractivity contribution in [1.29, 1.82) is 0 Å². The molecule has 7 nitrogen and oxygen atoms in total. The van der Waals surface area contributed by atoms with Crippen LogP contribution in [0.15, 0.2) is 18.2 Å². The van der Waals surface area contributed by atoms with Crippen molar-refractivity contribution in [2.45, 2.75) is 19.8 Å². The van der Waals surface area contributed by atoms with E-state index in [0.717, 1.165) is 11.3 Å². The van der Waals surface area contributed by atoms with E-state index < -0.39 is 5.97 Å². The van der Waals surface area contributed by atoms with Gasteiger partial charge in [0.05, 0.1) is 26.3 Å². The highest BCUT2D eigenvalue weighted by Crippen LogP contribution is 2.36. The second kappa shape index (κ2) is 7.78. The standard InChI is InChI=1S/C16H18N2O5S/c1-4-13(19)17-16-18-15(12(24-16)8-14(20)21)9-5-6-10(22-2)11(7-9)23-3/h5-7H,4,8H2,1-3H3,(H,20,21)(H,17,18,19). The van der Waals surface area contributed by atoms with Gasteiger partial charge in [-0.3, -0.25) is 9.59 Å². The lowest BCUT2D eigenvalue weighted by atomic mass is 10.1. The summed E-state index contributed by atoms with van der Waals surface area (Å²) in [7, 11) is 3.06. The van der Waals surface area contributed by atoms with Crippen LogP contribution in [0.4, 0.5) is 5.13 Å². The number of carboxylic acids is 1. The SMILES string of the molecule is CCC(=O)Nc1nc(-c2ccc(OC)c(OC)c2)c(CC(=O)O)s1. The van der Waals surface area contributed by atoms with E-state index in [1.54, 1.807) is 25.1 Å². The Bertz CT molecular complexity index is 757. The molecule has 0 atom stereocenters. The summed E-state index contributed by atoms with van der Waals surface area (Å²) in [6, 6.07) is 5.22. The van der Waals surface area contributed by atoms with Gasteiger partial charge < -0.3 is 19.9 Å². The minimum Gasteiger partial charge on any atom is -0.493 e. The Morgan fingerprint density at radius 2 is 1.96 bits per heavy atom. The number of aliphatic carboxylic acids is 1. The van der Waals surface area contributed by atoms with Crippen LogP contribution >= 0.6 is 11.3 Å². The van der Waals surface area contributed by atoms with Crippen LogP contribution in [0.2, 0.25) is 0 Å². The zero-order chi connectivity index (χ0) is 17.7. The molecule has 1 aromatic heterocycles. The van der Waals surface area contributed by atoms with Gasteiger partial charge in [-0.1, -0.05) is 6.92 Å². The van der Waals surface area contributed by atoms with Crippen molar-refractivity contribution in [3.8, 4) is 22.8 Å². The first-order valence-electron chi connectivity index (χ1n) is 7.22. The first kappa shape index (κ1) is 17.7. The van der Waals surface area contributed by atoms with Crippen LogP contribution in [0.3, 0.4) is 0 Å². The van der Waals surface area contributed by atoms with Gasteiger partial charge in [-0.25, -0.2) is 4.98 Å². The first-order valence-corrected chi connectivity index (χ1v) is 8.03. The third-order valence-electron chi connectivity index (χ3n) is 3.23. The molecule has 0 saturated carbocycles. The summed E-state index contributed by atoms with van der Waals surface area (Å²) < 4.78 is 10.5. The van der Waals surface area contributed by atoms with Gasteiger partial charge in [0.25, 0.3) is 0 Å². The molecule has 1 aromatic carbocycles. The second-order valence-corrected chi connectivity index (χ2v) is 5.92. The molecular formula is C16H18N2O5S. The predicted molar refractivity (Wildman–Crippen MR) is 90.9 cm³/mol. The average molecular weight is 350 g/mol. The Morgan fingerprint density at radius 3 is 2.54 bits per heavy atom. The molecule has 0 aliphatic heterocycles. The number of aromatic nitrogens is 1. The summed E-state index contributed by atoms with van der Waals surface area (Å²) in [6.45, 7) is 1.73. The van der Waals surface area contributed by atoms with Crippen LogP contribution in [0.5, 0.6) is 11.5 Å². The normalized spacial score (nSPS) is 10.3. The number of hydrogen-bond acceptors (Lipinski definition) is 6. The highest BCUT2D eigenvalue weighted by atomic mass is 32.1. The molecule has 0 radical (unpaired) electrons. The molecule has 0 fully saturated rings. The number of anilines is 1. The van der Waals surface area contributed by atoms with Gasteiger partial charge in [0.15, 0.2) is 16.6 Å². The molecule has 0 bridgehead atoms. The lowest BCUT2D eigenvalue weighted by Gasteiger charge is -2.09. The van der Waals surface area contributed by atoms with Crippen molar-refractivity contribution in [1.82, 2.24) is 4.98 Å². The maximum atomic E-state index is 11.5. The van der Waals surface area contributed by atoms with E-state index in [1.807, 2.05) is 0 Å². The van der Waals surface area contributed by atoms with Gasteiger partial charge in [-0.15, -0.1) is 11.3 Å². The van der Waals surface area contributed by atoms with E-state index in [2.05, 4.69) is 10.3 Å². The molecule has 128 valence electrons. The van der Waals surface area contributed by atoms with Gasteiger partial charge in [-0.2, -0.15) is 0 Å². The van der Waals surface area contributed by atoms with Crippen LogP contribution in [0.25, 0.3) is 11.3 Å². The fourth-order valence-electron chi connectivity index (χ4n) is 2.08. The average Bonchev–Trinajstić information content (AvgIpc) is 2.95. The number of amides is 1. The molecule has 0 aliphatic rings. The molecule has 0 aliphatic carbocycles. The van der Waals surface area contributed by atoms with Crippen LogP contribution in [0.1, 0.15) is 18.2 Å². The number of rotatable bonds is 7. The number of carbonyl (C=O) groups excluding carboxylic acids is 1. The molecular weight excluding hydrogens is 332 g/mol. The van der Waals surface area contributed by atoms with Crippen molar-refractivity contribution >= 4 is 28.3 Å². The van der Waals surface area contributed by atoms with Crippen LogP contribution in [-0.2, 0) is 16.0 Å². The van der Waals surface area contributed by atoms with Gasteiger partial charge in [0.1, 0.15) is 0 Å². The molecule has 2 rings (SSSR count). The lowest BCUT2D eigenvalue weighted by Crippen LogP contribution is -2.08. The minimum absolute atomic E-state index is 0.176. The second-order valence-electron chi connectivity index (χ2n) is 4.83. The number of methoxy groups -OCH3 is 2. The molecule has 1 heterocycles. The Hall–Kier alpha value is -2.61. The molecule has 1 amide bonds. The summed E-state index contributed by atoms with van der Waals surface area (Å²) in [5, 5.41) is 12.1. The number of ether oxygens (including phenoxy) is 2. The third kappa shape index (κ3) is 4.02. The zero-order valence-electron chi connectivity index (χ0n) is 13.6. The summed E-state index contributed by atoms with van der Waals surface area (Å²) in [5.74, 6) is -0.0579. The highest BCUT2D eigenvalue weighted by Gasteiger charge is 2.18. The summed E-state index contributed by atoms with van der Waals surface area (Å²) in [4.78, 5) is 27.6. The topological polar surface area (TPSA) is 97.8 Å². The van der Waals surface area contributed by atoms with Gasteiger partial charge in [-0.05, 0) is 18.2 Å². The molecule has 2 aromatic rings. The Labute approximate surface area is 143 Å². The van der Waals surface area contributed by atoms with E-state index in [1.165, 1.54) is 14.2 Å². The lowest BCUT2D eigenvalue weighted by molar-refractivity contribution is -0.136. The predicted octanol–water partition coefficient (Wildman–Crippen LogP) is 2.80. The summed E-state index contributed by atoms with van der Waals surface area (Å²) >= 11 is 1.15. The summed E-state index contributed by atoms with van der Waals surface area (Å²) in [5.41, 5.74) is 1.20. The van der Waals surface area contributed by atoms with Crippen LogP contribution < -0.4 is 14.8 Å². The highest BCUT2D eigenvalue weighted by molar-refractivity contribution is 7.16. The minimum atomic E-state index is -0.964. The van der Waals surface area contributed by atoms with E-state index in [9.17, 15) is 9.59 Å². The molecule has 0 unspecified atom stereocenters. The van der Waals surface area contributed by atoms with Gasteiger partial charge in [0, 0.05) is 16.9 Å². The number of hydrogen-bond donors (Lipinski definition) is 2. The van der Waals surface area contributed by atoms with E-state index in [0.29, 0.717) is 39.2 Å². The third-order valence-corrected chi connectivity index (χ3v) is 4.20. The Kier molecular flexibility index (Phi) is 5.75. The van der Waals surface area contributed by atoms with Crippen molar-refractivity contribution < 1.29 is 24.2 Å². The van der Waals surface area contributed by atoms with Gasteiger partial charge >= 0.3 is 5.97 Å².